The third-order valence-corrected chi connectivity index (χ3v) is 8.21. The number of ether oxygens (including phenoxy) is 2. The molecule has 1 spiro atoms. The number of ketones is 1. The van der Waals surface area contributed by atoms with Crippen molar-refractivity contribution in [1.82, 2.24) is 4.90 Å². The Morgan fingerprint density at radius 2 is 2.21 bits per heavy atom. The standard InChI is InChI=1S/C24H29NO3/c1-13(2)15-11-20(27-3)22-21-16(15)10-18-17-6-7-19(26)23(28-22)24(17,21)8-9-25(18)12-14-4-5-14/h11,14,17-18,23H,1,4-10,12H2,2-3H3/t17?,18?,23-,24-/m1/s1. The summed E-state index contributed by atoms with van der Waals surface area (Å²) in [6.45, 7) is 8.67. The topological polar surface area (TPSA) is 38.8 Å². The van der Waals surface area contributed by atoms with E-state index in [0.29, 0.717) is 18.4 Å². The Morgan fingerprint density at radius 1 is 1.39 bits per heavy atom. The molecule has 28 heavy (non-hydrogen) atoms. The Hall–Kier alpha value is -1.81. The number of carbonyl (C=O) groups is 1. The lowest BCUT2D eigenvalue weighted by Gasteiger charge is -2.58. The largest absolute Gasteiger partial charge is 0.493 e. The number of nitrogens with zero attached hydrogens (tertiary/aromatic N) is 1. The lowest BCUT2D eigenvalue weighted by molar-refractivity contribution is -0.138. The van der Waals surface area contributed by atoms with Gasteiger partial charge in [0.05, 0.1) is 7.11 Å². The van der Waals surface area contributed by atoms with Gasteiger partial charge in [-0.25, -0.2) is 0 Å². The number of rotatable bonds is 4. The van der Waals surface area contributed by atoms with Crippen LogP contribution in [0.1, 0.15) is 55.7 Å². The van der Waals surface area contributed by atoms with E-state index in [2.05, 4.69) is 24.5 Å². The molecule has 1 aromatic rings. The maximum absolute atomic E-state index is 13.0. The van der Waals surface area contributed by atoms with Crippen molar-refractivity contribution in [3.8, 4) is 11.5 Å². The zero-order valence-electron chi connectivity index (χ0n) is 16.9. The number of hydrogen-bond acceptors (Lipinski definition) is 4. The average Bonchev–Trinajstić information content (AvgIpc) is 3.42. The summed E-state index contributed by atoms with van der Waals surface area (Å²) < 4.78 is 12.2. The molecule has 0 N–H and O–H groups in total. The number of carbonyl (C=O) groups excluding carboxylic acids is 1. The monoisotopic (exact) mass is 379 g/mol. The van der Waals surface area contributed by atoms with E-state index in [9.17, 15) is 4.79 Å². The predicted molar refractivity (Wildman–Crippen MR) is 108 cm³/mol. The SMILES string of the molecule is C=C(C)c1cc(OC)c2c3c1CC1C4CCC(=O)[C@@H](O2)[C@@]34CCN1CC1CC1. The second-order valence-electron chi connectivity index (χ2n) is 9.70. The molecule has 3 fully saturated rings. The number of hydrogen-bond donors (Lipinski definition) is 0. The molecule has 4 heteroatoms. The Labute approximate surface area is 166 Å². The Balaban J connectivity index is 1.58. The molecule has 2 heterocycles. The van der Waals surface area contributed by atoms with Crippen LogP contribution in [0.15, 0.2) is 12.6 Å². The van der Waals surface area contributed by atoms with Crippen LogP contribution in [0, 0.1) is 11.8 Å². The summed E-state index contributed by atoms with van der Waals surface area (Å²) in [5.41, 5.74) is 4.80. The molecular weight excluding hydrogens is 350 g/mol. The molecule has 148 valence electrons. The van der Waals surface area contributed by atoms with E-state index in [-0.39, 0.29) is 17.3 Å². The molecule has 0 aromatic heterocycles. The zero-order chi connectivity index (χ0) is 19.2. The summed E-state index contributed by atoms with van der Waals surface area (Å²) in [5, 5.41) is 0. The molecular formula is C24H29NO3. The Morgan fingerprint density at radius 3 is 2.93 bits per heavy atom. The Bertz CT molecular complexity index is 902. The van der Waals surface area contributed by atoms with Crippen LogP contribution in [0.5, 0.6) is 11.5 Å². The summed E-state index contributed by atoms with van der Waals surface area (Å²) in [6, 6.07) is 2.62. The minimum absolute atomic E-state index is 0.151. The number of likely N-dealkylation sites (tertiary alicyclic amines) is 1. The first-order chi connectivity index (χ1) is 13.5. The molecule has 1 aromatic carbocycles. The second-order valence-corrected chi connectivity index (χ2v) is 9.70. The van der Waals surface area contributed by atoms with Gasteiger partial charge in [-0.05, 0) is 74.6 Å². The summed E-state index contributed by atoms with van der Waals surface area (Å²) in [6.07, 6.45) is 6.20. The van der Waals surface area contributed by atoms with Gasteiger partial charge in [-0.15, -0.1) is 0 Å². The highest BCUT2D eigenvalue weighted by Crippen LogP contribution is 2.64. The van der Waals surface area contributed by atoms with Gasteiger partial charge in [-0.3, -0.25) is 9.69 Å². The van der Waals surface area contributed by atoms with Crippen molar-refractivity contribution < 1.29 is 14.3 Å². The second kappa shape index (κ2) is 5.63. The zero-order valence-corrected chi connectivity index (χ0v) is 16.9. The van der Waals surface area contributed by atoms with E-state index in [1.807, 2.05) is 0 Å². The van der Waals surface area contributed by atoms with E-state index in [1.54, 1.807) is 7.11 Å². The van der Waals surface area contributed by atoms with Gasteiger partial charge in [-0.2, -0.15) is 0 Å². The third-order valence-electron chi connectivity index (χ3n) is 8.21. The van der Waals surface area contributed by atoms with Gasteiger partial charge in [0.1, 0.15) is 0 Å². The van der Waals surface area contributed by atoms with Gasteiger partial charge in [-0.1, -0.05) is 12.2 Å². The summed E-state index contributed by atoms with van der Waals surface area (Å²) in [5.74, 6) is 3.31. The maximum atomic E-state index is 13.0. The van der Waals surface area contributed by atoms with Crippen LogP contribution in [0.25, 0.3) is 5.57 Å². The van der Waals surface area contributed by atoms with E-state index in [0.717, 1.165) is 48.8 Å². The highest BCUT2D eigenvalue weighted by Gasteiger charge is 2.66. The maximum Gasteiger partial charge on any atom is 0.174 e. The molecule has 3 aliphatic carbocycles. The summed E-state index contributed by atoms with van der Waals surface area (Å²) in [7, 11) is 1.70. The average molecular weight is 380 g/mol. The lowest BCUT2D eigenvalue weighted by atomic mass is 9.51. The number of methoxy groups -OCH3 is 1. The molecule has 2 saturated carbocycles. The fourth-order valence-corrected chi connectivity index (χ4v) is 6.87. The predicted octanol–water partition coefficient (Wildman–Crippen LogP) is 3.75. The molecule has 5 aliphatic rings. The lowest BCUT2D eigenvalue weighted by Crippen LogP contribution is -2.66. The van der Waals surface area contributed by atoms with Gasteiger partial charge in [0.25, 0.3) is 0 Å². The fraction of sp³-hybridized carbons (Fsp3) is 0.625. The van der Waals surface area contributed by atoms with Crippen LogP contribution in [-0.4, -0.2) is 43.0 Å². The highest BCUT2D eigenvalue weighted by atomic mass is 16.5. The van der Waals surface area contributed by atoms with E-state index in [1.165, 1.54) is 36.1 Å². The van der Waals surface area contributed by atoms with Crippen LogP contribution in [0.3, 0.4) is 0 Å². The molecule has 4 atom stereocenters. The Kier molecular flexibility index (Phi) is 3.43. The minimum Gasteiger partial charge on any atom is -0.493 e. The quantitative estimate of drug-likeness (QED) is 0.799. The smallest absolute Gasteiger partial charge is 0.174 e. The molecule has 6 rings (SSSR count). The van der Waals surface area contributed by atoms with Gasteiger partial charge in [0.15, 0.2) is 23.4 Å². The van der Waals surface area contributed by atoms with E-state index >= 15 is 0 Å². The van der Waals surface area contributed by atoms with Gasteiger partial charge >= 0.3 is 0 Å². The van der Waals surface area contributed by atoms with Crippen LogP contribution in [0.2, 0.25) is 0 Å². The van der Waals surface area contributed by atoms with E-state index < -0.39 is 0 Å². The van der Waals surface area contributed by atoms with Crippen LogP contribution in [0.4, 0.5) is 0 Å². The van der Waals surface area contributed by atoms with Crippen molar-refractivity contribution in [3.05, 3.63) is 29.3 Å². The van der Waals surface area contributed by atoms with Crippen LogP contribution in [-0.2, 0) is 16.6 Å². The molecule has 2 bridgehead atoms. The van der Waals surface area contributed by atoms with Crippen LogP contribution >= 0.6 is 0 Å². The van der Waals surface area contributed by atoms with Gasteiger partial charge in [0.2, 0.25) is 0 Å². The number of Topliss-reactive ketones (excluding diaryl/α,β-unsaturated/α-hetero) is 1. The van der Waals surface area contributed by atoms with Gasteiger partial charge < -0.3 is 9.47 Å². The highest BCUT2D eigenvalue weighted by molar-refractivity contribution is 5.90. The molecule has 2 aliphatic heterocycles. The van der Waals surface area contributed by atoms with Crippen molar-refractivity contribution in [2.24, 2.45) is 11.8 Å². The van der Waals surface area contributed by atoms with Crippen molar-refractivity contribution in [3.63, 3.8) is 0 Å². The van der Waals surface area contributed by atoms with Crippen molar-refractivity contribution in [2.75, 3.05) is 20.2 Å². The minimum atomic E-state index is -0.319. The van der Waals surface area contributed by atoms with E-state index in [4.69, 9.17) is 9.47 Å². The molecule has 4 nitrogen and oxygen atoms in total. The van der Waals surface area contributed by atoms with Gasteiger partial charge in [0, 0.05) is 30.0 Å². The molecule has 1 saturated heterocycles. The first-order valence-corrected chi connectivity index (χ1v) is 10.9. The fourth-order valence-electron chi connectivity index (χ4n) is 6.87. The summed E-state index contributed by atoms with van der Waals surface area (Å²) >= 11 is 0. The van der Waals surface area contributed by atoms with Crippen molar-refractivity contribution >= 4 is 11.4 Å². The first-order valence-electron chi connectivity index (χ1n) is 10.9. The number of benzene rings is 1. The molecule has 2 unspecified atom stereocenters. The number of piperidine rings is 1. The number of allylic oxidation sites excluding steroid dienone is 1. The molecule has 0 radical (unpaired) electrons. The third kappa shape index (κ3) is 2.02. The normalized spacial score (nSPS) is 35.4. The van der Waals surface area contributed by atoms with Crippen molar-refractivity contribution in [1.29, 1.82) is 0 Å². The first kappa shape index (κ1) is 17.1. The van der Waals surface area contributed by atoms with Crippen LogP contribution < -0.4 is 9.47 Å². The summed E-state index contributed by atoms with van der Waals surface area (Å²) in [4.78, 5) is 15.8. The van der Waals surface area contributed by atoms with Crippen molar-refractivity contribution in [2.45, 2.75) is 63.0 Å². The molecule has 0 amide bonds.